The van der Waals surface area contributed by atoms with Gasteiger partial charge >= 0.3 is 24.0 Å². The molecule has 0 saturated heterocycles. The first-order valence-corrected chi connectivity index (χ1v) is 9.97. The number of nitrogens with one attached hydrogen (secondary N) is 1. The predicted octanol–water partition coefficient (Wildman–Crippen LogP) is 0.983. The van der Waals surface area contributed by atoms with Crippen LogP contribution in [0.1, 0.15) is 34.6 Å². The van der Waals surface area contributed by atoms with E-state index in [0.717, 1.165) is 11.8 Å². The highest BCUT2D eigenvalue weighted by Crippen LogP contribution is 2.13. The van der Waals surface area contributed by atoms with Gasteiger partial charge in [0.2, 0.25) is 12.4 Å². The van der Waals surface area contributed by atoms with Gasteiger partial charge in [-0.25, -0.2) is 9.59 Å². The molecule has 0 aromatic heterocycles. The second-order valence-corrected chi connectivity index (χ2v) is 7.23. The van der Waals surface area contributed by atoms with E-state index in [2.05, 4.69) is 10.1 Å². The minimum absolute atomic E-state index is 0.0763. The summed E-state index contributed by atoms with van der Waals surface area (Å²) in [5.41, 5.74) is -1.42. The molecule has 0 aromatic rings. The quantitative estimate of drug-likeness (QED) is 0.240. The average Bonchev–Trinajstić information content (AvgIpc) is 2.64. The minimum atomic E-state index is -1.42. The summed E-state index contributed by atoms with van der Waals surface area (Å²) in [5, 5.41) is 12.0. The third-order valence-corrected chi connectivity index (χ3v) is 3.96. The van der Waals surface area contributed by atoms with Crippen LogP contribution in [-0.2, 0) is 38.1 Å². The van der Waals surface area contributed by atoms with Gasteiger partial charge in [-0.3, -0.25) is 9.59 Å². The van der Waals surface area contributed by atoms with Gasteiger partial charge < -0.3 is 34.1 Å². The highest BCUT2D eigenvalue weighted by atomic mass is 32.2. The molecule has 0 radical (unpaired) electrons. The summed E-state index contributed by atoms with van der Waals surface area (Å²) < 4.78 is 23.9. The Kier molecular flexibility index (Phi) is 13.8. The largest absolute Gasteiger partial charge is 0.464 e. The molecule has 168 valence electrons. The molecule has 0 aromatic carbocycles. The number of alkyl carbamates (subject to hydrolysis) is 1. The van der Waals surface area contributed by atoms with Gasteiger partial charge in [0.1, 0.15) is 6.04 Å². The molecule has 12 heteroatoms. The summed E-state index contributed by atoms with van der Waals surface area (Å²) in [6, 6.07) is -1.16. The lowest BCUT2D eigenvalue weighted by atomic mass is 10.2. The SMILES string of the molecule is CCOC(=O)[C@H](CSC(O)OCOC(=O)C(C)C)NC(=O)OCOC(=O)C(C)C. The van der Waals surface area contributed by atoms with Gasteiger partial charge in [0, 0.05) is 5.75 Å². The van der Waals surface area contributed by atoms with Crippen LogP contribution in [0.3, 0.4) is 0 Å². The van der Waals surface area contributed by atoms with Crippen molar-refractivity contribution < 1.29 is 48.0 Å². The Morgan fingerprint density at radius 2 is 1.41 bits per heavy atom. The van der Waals surface area contributed by atoms with Crippen molar-refractivity contribution in [1.82, 2.24) is 5.32 Å². The van der Waals surface area contributed by atoms with Crippen molar-refractivity contribution in [3.05, 3.63) is 0 Å². The zero-order valence-electron chi connectivity index (χ0n) is 17.2. The number of hydrogen-bond acceptors (Lipinski definition) is 11. The Balaban J connectivity index is 4.44. The van der Waals surface area contributed by atoms with Gasteiger partial charge in [0.05, 0.1) is 18.4 Å². The Hall–Kier alpha value is -2.05. The summed E-state index contributed by atoms with van der Waals surface area (Å²) in [5.74, 6) is -2.64. The van der Waals surface area contributed by atoms with Crippen LogP contribution >= 0.6 is 11.8 Å². The number of rotatable bonds is 13. The maximum absolute atomic E-state index is 12.0. The molecular formula is C17H29NO10S. The number of ether oxygens (including phenoxy) is 5. The van der Waals surface area contributed by atoms with Crippen LogP contribution in [0, 0.1) is 11.8 Å². The molecule has 29 heavy (non-hydrogen) atoms. The third-order valence-electron chi connectivity index (χ3n) is 3.01. The molecule has 11 nitrogen and oxygen atoms in total. The van der Waals surface area contributed by atoms with Gasteiger partial charge in [-0.05, 0) is 6.92 Å². The fourth-order valence-corrected chi connectivity index (χ4v) is 2.18. The highest BCUT2D eigenvalue weighted by Gasteiger charge is 2.25. The zero-order chi connectivity index (χ0) is 22.4. The summed E-state index contributed by atoms with van der Waals surface area (Å²) in [7, 11) is 0. The molecule has 0 aliphatic heterocycles. The molecule has 2 N–H and O–H groups in total. The van der Waals surface area contributed by atoms with E-state index in [1.807, 2.05) is 0 Å². The van der Waals surface area contributed by atoms with Crippen LogP contribution in [0.2, 0.25) is 0 Å². The van der Waals surface area contributed by atoms with Gasteiger partial charge in [-0.2, -0.15) is 0 Å². The smallest absolute Gasteiger partial charge is 0.410 e. The van der Waals surface area contributed by atoms with Crippen molar-refractivity contribution in [3.8, 4) is 0 Å². The van der Waals surface area contributed by atoms with Gasteiger partial charge in [-0.1, -0.05) is 39.5 Å². The van der Waals surface area contributed by atoms with E-state index in [4.69, 9.17) is 18.9 Å². The van der Waals surface area contributed by atoms with Crippen molar-refractivity contribution in [3.63, 3.8) is 0 Å². The summed E-state index contributed by atoms with van der Waals surface area (Å²) >= 11 is 0.759. The molecular weight excluding hydrogens is 410 g/mol. The molecule has 0 aliphatic carbocycles. The van der Waals surface area contributed by atoms with E-state index in [0.29, 0.717) is 0 Å². The van der Waals surface area contributed by atoms with E-state index in [-0.39, 0.29) is 24.2 Å². The van der Waals surface area contributed by atoms with Crippen molar-refractivity contribution in [2.75, 3.05) is 25.9 Å². The van der Waals surface area contributed by atoms with Crippen molar-refractivity contribution in [1.29, 1.82) is 0 Å². The number of amides is 1. The van der Waals surface area contributed by atoms with Crippen LogP contribution in [0.5, 0.6) is 0 Å². The molecule has 0 saturated carbocycles. The second kappa shape index (κ2) is 14.9. The highest BCUT2D eigenvalue weighted by molar-refractivity contribution is 7.99. The van der Waals surface area contributed by atoms with Gasteiger partial charge in [-0.15, -0.1) is 0 Å². The Morgan fingerprint density at radius 3 is 1.93 bits per heavy atom. The summed E-state index contributed by atoms with van der Waals surface area (Å²) in [4.78, 5) is 46.3. The van der Waals surface area contributed by atoms with Crippen LogP contribution in [0.15, 0.2) is 0 Å². The molecule has 1 amide bonds. The average molecular weight is 439 g/mol. The Morgan fingerprint density at radius 1 is 0.862 bits per heavy atom. The molecule has 0 fully saturated rings. The summed E-state index contributed by atoms with van der Waals surface area (Å²) in [6.07, 6.45) is -1.01. The molecule has 0 heterocycles. The van der Waals surface area contributed by atoms with Crippen molar-refractivity contribution in [2.24, 2.45) is 11.8 Å². The van der Waals surface area contributed by atoms with E-state index in [9.17, 15) is 24.3 Å². The van der Waals surface area contributed by atoms with Crippen LogP contribution < -0.4 is 5.32 Å². The maximum Gasteiger partial charge on any atom is 0.410 e. The van der Waals surface area contributed by atoms with Crippen LogP contribution in [0.25, 0.3) is 0 Å². The first kappa shape index (κ1) is 27.0. The van der Waals surface area contributed by atoms with Gasteiger partial charge in [0.15, 0.2) is 6.79 Å². The number of carbonyl (C=O) groups is 4. The Bertz CT molecular complexity index is 540. The lowest BCUT2D eigenvalue weighted by Crippen LogP contribution is -2.44. The van der Waals surface area contributed by atoms with E-state index in [1.54, 1.807) is 34.6 Å². The lowest BCUT2D eigenvalue weighted by molar-refractivity contribution is -0.171. The first-order chi connectivity index (χ1) is 13.6. The third kappa shape index (κ3) is 12.9. The number of aliphatic hydroxyl groups is 1. The van der Waals surface area contributed by atoms with E-state index in [1.165, 1.54) is 0 Å². The number of esters is 3. The number of aliphatic hydroxyl groups excluding tert-OH is 1. The monoisotopic (exact) mass is 439 g/mol. The molecule has 0 rings (SSSR count). The van der Waals surface area contributed by atoms with Crippen molar-refractivity contribution in [2.45, 2.75) is 46.3 Å². The molecule has 1 unspecified atom stereocenters. The zero-order valence-corrected chi connectivity index (χ0v) is 18.0. The number of hydrogen-bond donors (Lipinski definition) is 2. The van der Waals surface area contributed by atoms with E-state index < -0.39 is 49.3 Å². The Labute approximate surface area is 173 Å². The molecule has 0 bridgehead atoms. The summed E-state index contributed by atoms with van der Waals surface area (Å²) in [6.45, 7) is 7.11. The maximum atomic E-state index is 12.0. The van der Waals surface area contributed by atoms with Gasteiger partial charge in [0.25, 0.3) is 0 Å². The predicted molar refractivity (Wildman–Crippen MR) is 101 cm³/mol. The fourth-order valence-electron chi connectivity index (χ4n) is 1.45. The second-order valence-electron chi connectivity index (χ2n) is 6.16. The molecule has 2 atom stereocenters. The van der Waals surface area contributed by atoms with Crippen LogP contribution in [0.4, 0.5) is 4.79 Å². The first-order valence-electron chi connectivity index (χ1n) is 8.92. The number of thioether (sulfide) groups is 1. The minimum Gasteiger partial charge on any atom is -0.464 e. The molecule has 0 aliphatic rings. The van der Waals surface area contributed by atoms with Crippen molar-refractivity contribution >= 4 is 35.8 Å². The number of carbonyl (C=O) groups excluding carboxylic acids is 4. The van der Waals surface area contributed by atoms with E-state index >= 15 is 0 Å². The molecule has 0 spiro atoms. The lowest BCUT2D eigenvalue weighted by Gasteiger charge is -2.19. The van der Waals surface area contributed by atoms with Crippen LogP contribution in [-0.4, -0.2) is 66.7 Å². The fraction of sp³-hybridized carbons (Fsp3) is 0.765. The topological polar surface area (TPSA) is 147 Å². The standard InChI is InChI=1S/C17H29NO10S/c1-6-24-15(21)12(18-16(22)27-8-25-13(19)10(2)3)7-29-17(23)28-9-26-14(20)11(4)5/h10-12,17,23H,6-9H2,1-5H3,(H,18,22)/t12-,17?/m0/s1. The normalized spacial score (nSPS) is 12.8.